The fourth-order valence-electron chi connectivity index (χ4n) is 5.58. The van der Waals surface area contributed by atoms with Gasteiger partial charge in [0, 0.05) is 23.2 Å². The highest BCUT2D eigenvalue weighted by molar-refractivity contribution is 5.89. The summed E-state index contributed by atoms with van der Waals surface area (Å²) < 4.78 is 49.9. The molecular formula is C24H26F3N3O3. The molecule has 3 unspecified atom stereocenters. The monoisotopic (exact) mass is 461 g/mol. The van der Waals surface area contributed by atoms with Crippen LogP contribution in [0, 0.1) is 0 Å². The molecular weight excluding hydrogens is 435 g/mol. The van der Waals surface area contributed by atoms with E-state index in [2.05, 4.69) is 34.7 Å². The van der Waals surface area contributed by atoms with Crippen molar-refractivity contribution in [1.82, 2.24) is 10.2 Å². The van der Waals surface area contributed by atoms with Crippen LogP contribution in [0.1, 0.15) is 36.8 Å². The number of ether oxygens (including phenoxy) is 2. The summed E-state index contributed by atoms with van der Waals surface area (Å²) >= 11 is 0. The van der Waals surface area contributed by atoms with Crippen LogP contribution in [0.2, 0.25) is 0 Å². The summed E-state index contributed by atoms with van der Waals surface area (Å²) in [5, 5.41) is 5.51. The van der Waals surface area contributed by atoms with Crippen LogP contribution >= 0.6 is 0 Å². The van der Waals surface area contributed by atoms with Crippen molar-refractivity contribution >= 4 is 11.7 Å². The van der Waals surface area contributed by atoms with E-state index in [1.807, 2.05) is 6.07 Å². The molecule has 2 N–H and O–H groups in total. The molecule has 3 aliphatic rings. The normalized spacial score (nSPS) is 26.7. The first-order valence-electron chi connectivity index (χ1n) is 11.1. The lowest BCUT2D eigenvalue weighted by Gasteiger charge is -2.44. The van der Waals surface area contributed by atoms with Crippen LogP contribution in [-0.2, 0) is 11.6 Å². The minimum atomic E-state index is -4.46. The Bertz CT molecular complexity index is 1060. The largest absolute Gasteiger partial charge is 0.454 e. The van der Waals surface area contributed by atoms with E-state index >= 15 is 0 Å². The third kappa shape index (κ3) is 4.10. The Labute approximate surface area is 190 Å². The third-order valence-electron chi connectivity index (χ3n) is 7.26. The van der Waals surface area contributed by atoms with E-state index in [0.717, 1.165) is 55.9 Å². The SMILES string of the molecule is CN1CCC2(c3ccc4c(c3)OCO4)CCC(NC(=O)Nc3cccc(C(F)(F)F)c3)CC12. The zero-order valence-corrected chi connectivity index (χ0v) is 18.2. The summed E-state index contributed by atoms with van der Waals surface area (Å²) in [7, 11) is 2.10. The second-order valence-electron chi connectivity index (χ2n) is 9.12. The van der Waals surface area contributed by atoms with Gasteiger partial charge in [0.05, 0.1) is 5.56 Å². The fraction of sp³-hybridized carbons (Fsp3) is 0.458. The Morgan fingerprint density at radius 1 is 1.12 bits per heavy atom. The van der Waals surface area contributed by atoms with Gasteiger partial charge >= 0.3 is 12.2 Å². The first kappa shape index (κ1) is 21.9. The summed E-state index contributed by atoms with van der Waals surface area (Å²) in [6.07, 6.45) is -0.981. The molecule has 0 spiro atoms. The fourth-order valence-corrected chi connectivity index (χ4v) is 5.58. The number of nitrogens with zero attached hydrogens (tertiary/aromatic N) is 1. The molecule has 0 aromatic heterocycles. The molecule has 2 aromatic rings. The van der Waals surface area contributed by atoms with Gasteiger partial charge in [-0.15, -0.1) is 0 Å². The highest BCUT2D eigenvalue weighted by atomic mass is 19.4. The number of likely N-dealkylation sites (tertiary alicyclic amines) is 1. The number of likely N-dealkylation sites (N-methyl/N-ethyl adjacent to an activating group) is 1. The highest BCUT2D eigenvalue weighted by Crippen LogP contribution is 2.50. The Hall–Kier alpha value is -2.94. The maximum atomic E-state index is 12.9. The molecule has 3 atom stereocenters. The number of anilines is 1. The summed E-state index contributed by atoms with van der Waals surface area (Å²) in [5.41, 5.74) is 0.531. The molecule has 6 nitrogen and oxygen atoms in total. The quantitative estimate of drug-likeness (QED) is 0.693. The number of urea groups is 1. The second kappa shape index (κ2) is 8.13. The molecule has 1 saturated carbocycles. The smallest absolute Gasteiger partial charge is 0.416 e. The first-order valence-corrected chi connectivity index (χ1v) is 11.1. The predicted octanol–water partition coefficient (Wildman–Crippen LogP) is 4.75. The van der Waals surface area contributed by atoms with Gasteiger partial charge < -0.3 is 25.0 Å². The molecule has 33 heavy (non-hydrogen) atoms. The van der Waals surface area contributed by atoms with Crippen molar-refractivity contribution in [2.24, 2.45) is 0 Å². The first-order chi connectivity index (χ1) is 15.7. The highest BCUT2D eigenvalue weighted by Gasteiger charge is 2.50. The van der Waals surface area contributed by atoms with Gasteiger partial charge in [0.15, 0.2) is 11.5 Å². The van der Waals surface area contributed by atoms with Crippen molar-refractivity contribution < 1.29 is 27.4 Å². The van der Waals surface area contributed by atoms with Crippen LogP contribution in [0.25, 0.3) is 0 Å². The van der Waals surface area contributed by atoms with Gasteiger partial charge in [-0.05, 0) is 75.2 Å². The molecule has 2 aromatic carbocycles. The van der Waals surface area contributed by atoms with Gasteiger partial charge in [0.1, 0.15) is 0 Å². The molecule has 176 valence electrons. The van der Waals surface area contributed by atoms with E-state index in [1.165, 1.54) is 17.7 Å². The number of hydrogen-bond donors (Lipinski definition) is 2. The van der Waals surface area contributed by atoms with Crippen LogP contribution < -0.4 is 20.1 Å². The lowest BCUT2D eigenvalue weighted by Crippen LogP contribution is -2.52. The van der Waals surface area contributed by atoms with Gasteiger partial charge in [0.25, 0.3) is 0 Å². The average Bonchev–Trinajstić information content (AvgIpc) is 3.38. The van der Waals surface area contributed by atoms with Gasteiger partial charge in [-0.2, -0.15) is 13.2 Å². The van der Waals surface area contributed by atoms with Crippen molar-refractivity contribution in [3.05, 3.63) is 53.6 Å². The molecule has 0 radical (unpaired) electrons. The van der Waals surface area contributed by atoms with E-state index in [1.54, 1.807) is 0 Å². The number of benzene rings is 2. The minimum absolute atomic E-state index is 0.0224. The van der Waals surface area contributed by atoms with E-state index in [4.69, 9.17) is 9.47 Å². The number of carbonyl (C=O) groups is 1. The molecule has 0 bridgehead atoms. The average molecular weight is 461 g/mol. The van der Waals surface area contributed by atoms with Gasteiger partial charge in [-0.1, -0.05) is 12.1 Å². The maximum absolute atomic E-state index is 12.9. The number of hydrogen-bond acceptors (Lipinski definition) is 4. The van der Waals surface area contributed by atoms with E-state index < -0.39 is 17.8 Å². The number of nitrogens with one attached hydrogen (secondary N) is 2. The number of alkyl halides is 3. The van der Waals surface area contributed by atoms with Crippen LogP contribution in [0.5, 0.6) is 11.5 Å². The lowest BCUT2D eigenvalue weighted by atomic mass is 9.65. The molecule has 2 heterocycles. The predicted molar refractivity (Wildman–Crippen MR) is 117 cm³/mol. The van der Waals surface area contributed by atoms with Crippen molar-refractivity contribution in [3.63, 3.8) is 0 Å². The Morgan fingerprint density at radius 3 is 2.76 bits per heavy atom. The lowest BCUT2D eigenvalue weighted by molar-refractivity contribution is -0.137. The van der Waals surface area contributed by atoms with Crippen LogP contribution in [0.3, 0.4) is 0 Å². The van der Waals surface area contributed by atoms with E-state index in [9.17, 15) is 18.0 Å². The molecule has 1 aliphatic carbocycles. The molecule has 1 saturated heterocycles. The molecule has 2 aliphatic heterocycles. The van der Waals surface area contributed by atoms with E-state index in [-0.39, 0.29) is 30.0 Å². The Morgan fingerprint density at radius 2 is 1.94 bits per heavy atom. The van der Waals surface area contributed by atoms with Crippen LogP contribution in [0.15, 0.2) is 42.5 Å². The number of carbonyl (C=O) groups excluding carboxylic acids is 1. The number of halogens is 3. The van der Waals surface area contributed by atoms with Gasteiger partial charge in [-0.25, -0.2) is 4.79 Å². The zero-order valence-electron chi connectivity index (χ0n) is 18.2. The third-order valence-corrected chi connectivity index (χ3v) is 7.26. The van der Waals surface area contributed by atoms with Crippen LogP contribution in [0.4, 0.5) is 23.7 Å². The topological polar surface area (TPSA) is 62.8 Å². The number of fused-ring (bicyclic) bond motifs is 2. The van der Waals surface area contributed by atoms with Crippen LogP contribution in [-0.4, -0.2) is 43.4 Å². The van der Waals surface area contributed by atoms with Crippen molar-refractivity contribution in [3.8, 4) is 11.5 Å². The summed E-state index contributed by atoms with van der Waals surface area (Å²) in [6.45, 7) is 1.20. The second-order valence-corrected chi connectivity index (χ2v) is 9.12. The van der Waals surface area contributed by atoms with E-state index in [0.29, 0.717) is 0 Å². The minimum Gasteiger partial charge on any atom is -0.454 e. The summed E-state index contributed by atoms with van der Waals surface area (Å²) in [4.78, 5) is 14.9. The number of rotatable bonds is 3. The van der Waals surface area contributed by atoms with Crippen molar-refractivity contribution in [2.45, 2.75) is 49.4 Å². The summed E-state index contributed by atoms with van der Waals surface area (Å²) in [5.74, 6) is 1.54. The summed E-state index contributed by atoms with van der Waals surface area (Å²) in [6, 6.07) is 10.5. The number of amides is 2. The molecule has 2 amide bonds. The van der Waals surface area contributed by atoms with Gasteiger partial charge in [0.2, 0.25) is 6.79 Å². The van der Waals surface area contributed by atoms with Crippen molar-refractivity contribution in [1.29, 1.82) is 0 Å². The Kier molecular flexibility index (Phi) is 5.39. The zero-order chi connectivity index (χ0) is 23.2. The molecule has 5 rings (SSSR count). The maximum Gasteiger partial charge on any atom is 0.416 e. The molecule has 2 fully saturated rings. The van der Waals surface area contributed by atoms with Gasteiger partial charge in [-0.3, -0.25) is 0 Å². The molecule has 9 heteroatoms. The Balaban J connectivity index is 1.27. The standard InChI is InChI=1S/C24H26F3N3O3/c1-30-10-9-23(15-5-6-19-20(12-15)33-14-32-19)8-7-18(13-21(23)30)29-22(31)28-17-4-2-3-16(11-17)24(25,26)27/h2-6,11-12,18,21H,7-10,13-14H2,1H3,(H2,28,29,31). The van der Waals surface area contributed by atoms with Crippen molar-refractivity contribution in [2.75, 3.05) is 25.7 Å².